The molecule has 21 heavy (non-hydrogen) atoms. The summed E-state index contributed by atoms with van der Waals surface area (Å²) < 4.78 is 5.51. The van der Waals surface area contributed by atoms with Gasteiger partial charge >= 0.3 is 6.09 Å². The predicted octanol–water partition coefficient (Wildman–Crippen LogP) is 3.80. The number of likely N-dealkylation sites (tertiary alicyclic amines) is 1. The normalized spacial score (nSPS) is 23.5. The van der Waals surface area contributed by atoms with E-state index < -0.39 is 5.60 Å². The maximum absolute atomic E-state index is 12.2. The second-order valence-corrected chi connectivity index (χ2v) is 7.71. The van der Waals surface area contributed by atoms with Crippen molar-refractivity contribution in [1.29, 1.82) is 0 Å². The molecule has 1 aliphatic rings. The summed E-state index contributed by atoms with van der Waals surface area (Å²) in [4.78, 5) is 14.1. The van der Waals surface area contributed by atoms with Crippen LogP contribution in [0.4, 0.5) is 4.79 Å². The van der Waals surface area contributed by atoms with Gasteiger partial charge in [-0.15, -0.1) is 0 Å². The summed E-state index contributed by atoms with van der Waals surface area (Å²) in [6.45, 7) is 15.0. The molecule has 124 valence electrons. The molecule has 1 amide bonds. The summed E-state index contributed by atoms with van der Waals surface area (Å²) in [5.41, 5.74) is -0.267. The second-order valence-electron chi connectivity index (χ2n) is 7.71. The van der Waals surface area contributed by atoms with Gasteiger partial charge in [0.2, 0.25) is 0 Å². The van der Waals surface area contributed by atoms with Crippen LogP contribution in [0.1, 0.15) is 67.2 Å². The lowest BCUT2D eigenvalue weighted by atomic mass is 9.81. The van der Waals surface area contributed by atoms with E-state index in [1.54, 1.807) is 0 Å². The second kappa shape index (κ2) is 7.48. The van der Waals surface area contributed by atoms with Gasteiger partial charge in [-0.2, -0.15) is 0 Å². The first-order valence-corrected chi connectivity index (χ1v) is 8.40. The van der Waals surface area contributed by atoms with Crippen LogP contribution in [0.2, 0.25) is 0 Å². The first-order chi connectivity index (χ1) is 9.69. The van der Waals surface area contributed by atoms with E-state index in [9.17, 15) is 4.79 Å². The Morgan fingerprint density at radius 3 is 2.48 bits per heavy atom. The molecule has 0 bridgehead atoms. The summed E-state index contributed by atoms with van der Waals surface area (Å²) in [6, 6.07) is 0.582. The number of rotatable bonds is 5. The number of nitrogens with one attached hydrogen (secondary N) is 1. The van der Waals surface area contributed by atoms with Gasteiger partial charge in [-0.3, -0.25) is 0 Å². The molecule has 0 saturated carbocycles. The lowest BCUT2D eigenvalue weighted by molar-refractivity contribution is 0.00644. The van der Waals surface area contributed by atoms with Gasteiger partial charge in [-0.05, 0) is 51.9 Å². The molecule has 4 nitrogen and oxygen atoms in total. The van der Waals surface area contributed by atoms with Crippen molar-refractivity contribution >= 4 is 6.09 Å². The number of ether oxygens (including phenoxy) is 1. The number of piperidine rings is 1. The molecule has 1 rings (SSSR count). The largest absolute Gasteiger partial charge is 0.444 e. The van der Waals surface area contributed by atoms with Gasteiger partial charge in [0.15, 0.2) is 0 Å². The summed E-state index contributed by atoms with van der Waals surface area (Å²) in [5, 5.41) is 3.66. The van der Waals surface area contributed by atoms with E-state index in [2.05, 4.69) is 26.1 Å². The van der Waals surface area contributed by atoms with Crippen LogP contribution in [0, 0.1) is 5.41 Å². The van der Waals surface area contributed by atoms with E-state index in [0.717, 1.165) is 38.9 Å². The van der Waals surface area contributed by atoms with Gasteiger partial charge in [0.05, 0.1) is 0 Å². The molecule has 0 aromatic heterocycles. The van der Waals surface area contributed by atoms with Crippen LogP contribution in [0.15, 0.2) is 0 Å². The zero-order valence-corrected chi connectivity index (χ0v) is 14.8. The van der Waals surface area contributed by atoms with Gasteiger partial charge in [0, 0.05) is 25.7 Å². The third kappa shape index (κ3) is 6.25. The fraction of sp³-hybridized carbons (Fsp3) is 0.941. The number of hydrogen-bond donors (Lipinski definition) is 1. The van der Waals surface area contributed by atoms with E-state index in [4.69, 9.17) is 4.74 Å². The van der Waals surface area contributed by atoms with Crippen LogP contribution in [-0.4, -0.2) is 42.3 Å². The lowest BCUT2D eigenvalue weighted by Crippen LogP contribution is -2.51. The molecule has 1 N–H and O–H groups in total. The minimum atomic E-state index is -0.418. The Hall–Kier alpha value is -0.770. The van der Waals surface area contributed by atoms with Gasteiger partial charge in [0.25, 0.3) is 0 Å². The quantitative estimate of drug-likeness (QED) is 0.839. The highest BCUT2D eigenvalue weighted by atomic mass is 16.6. The summed E-state index contributed by atoms with van der Waals surface area (Å²) in [5.74, 6) is 0. The zero-order chi connectivity index (χ0) is 16.1. The summed E-state index contributed by atoms with van der Waals surface area (Å²) >= 11 is 0. The molecule has 4 heteroatoms. The van der Waals surface area contributed by atoms with E-state index in [0.29, 0.717) is 6.04 Å². The maximum Gasteiger partial charge on any atom is 0.410 e. The molecule has 1 unspecified atom stereocenters. The highest BCUT2D eigenvalue weighted by Crippen LogP contribution is 2.30. The van der Waals surface area contributed by atoms with Gasteiger partial charge < -0.3 is 15.0 Å². The monoisotopic (exact) mass is 298 g/mol. The Morgan fingerprint density at radius 1 is 1.33 bits per heavy atom. The smallest absolute Gasteiger partial charge is 0.410 e. The number of amides is 1. The number of carbonyl (C=O) groups is 1. The topological polar surface area (TPSA) is 41.6 Å². The van der Waals surface area contributed by atoms with E-state index in [1.807, 2.05) is 25.7 Å². The molecule has 0 spiro atoms. The first kappa shape index (κ1) is 18.3. The van der Waals surface area contributed by atoms with Crippen LogP contribution < -0.4 is 5.32 Å². The average molecular weight is 298 g/mol. The molecule has 0 aliphatic carbocycles. The van der Waals surface area contributed by atoms with Crippen molar-refractivity contribution < 1.29 is 9.53 Å². The van der Waals surface area contributed by atoms with Crippen LogP contribution in [0.25, 0.3) is 0 Å². The molecule has 1 heterocycles. The molecule has 1 saturated heterocycles. The van der Waals surface area contributed by atoms with Crippen molar-refractivity contribution in [2.24, 2.45) is 5.41 Å². The molecule has 0 radical (unpaired) electrons. The highest BCUT2D eigenvalue weighted by Gasteiger charge is 2.35. The summed E-state index contributed by atoms with van der Waals surface area (Å²) in [7, 11) is 0. The molecule has 0 aromatic carbocycles. The molecule has 0 aromatic rings. The number of carbonyl (C=O) groups excluding carboxylic acids is 1. The van der Waals surface area contributed by atoms with E-state index in [-0.39, 0.29) is 11.5 Å². The third-order valence-electron chi connectivity index (χ3n) is 4.24. The average Bonchev–Trinajstić information content (AvgIpc) is 2.38. The van der Waals surface area contributed by atoms with E-state index >= 15 is 0 Å². The molecular formula is C17H34N2O2. The van der Waals surface area contributed by atoms with Crippen LogP contribution in [-0.2, 0) is 4.74 Å². The predicted molar refractivity (Wildman–Crippen MR) is 87.5 cm³/mol. The molecular weight excluding hydrogens is 264 g/mol. The fourth-order valence-electron chi connectivity index (χ4n) is 2.91. The number of hydrogen-bond acceptors (Lipinski definition) is 3. The Morgan fingerprint density at radius 2 is 1.95 bits per heavy atom. The lowest BCUT2D eigenvalue weighted by Gasteiger charge is -2.41. The Balaban J connectivity index is 2.55. The molecule has 1 fully saturated rings. The standard InChI is InChI=1S/C17H34N2O2/c1-7-14(8-2)18-12-17(6)10-9-11-19(13-17)15(20)21-16(3,4)5/h14,18H,7-13H2,1-6H3. The maximum atomic E-state index is 12.2. The van der Waals surface area contributed by atoms with Crippen LogP contribution in [0.3, 0.4) is 0 Å². The molecule has 1 aliphatic heterocycles. The van der Waals surface area contributed by atoms with Crippen molar-refractivity contribution in [1.82, 2.24) is 10.2 Å². The third-order valence-corrected chi connectivity index (χ3v) is 4.24. The first-order valence-electron chi connectivity index (χ1n) is 8.40. The number of nitrogens with zero attached hydrogens (tertiary/aromatic N) is 1. The summed E-state index contributed by atoms with van der Waals surface area (Å²) in [6.07, 6.45) is 4.36. The van der Waals surface area contributed by atoms with Crippen molar-refractivity contribution in [3.63, 3.8) is 0 Å². The van der Waals surface area contributed by atoms with Crippen molar-refractivity contribution in [3.05, 3.63) is 0 Å². The van der Waals surface area contributed by atoms with Gasteiger partial charge in [-0.1, -0.05) is 20.8 Å². The Bertz CT molecular complexity index is 334. The van der Waals surface area contributed by atoms with Crippen LogP contribution >= 0.6 is 0 Å². The van der Waals surface area contributed by atoms with Crippen molar-refractivity contribution in [2.45, 2.75) is 78.9 Å². The van der Waals surface area contributed by atoms with Crippen molar-refractivity contribution in [3.8, 4) is 0 Å². The highest BCUT2D eigenvalue weighted by molar-refractivity contribution is 5.68. The van der Waals surface area contributed by atoms with Crippen LogP contribution in [0.5, 0.6) is 0 Å². The Labute approximate surface area is 130 Å². The zero-order valence-electron chi connectivity index (χ0n) is 14.8. The van der Waals surface area contributed by atoms with E-state index in [1.165, 1.54) is 6.42 Å². The Kier molecular flexibility index (Phi) is 6.51. The SMILES string of the molecule is CCC(CC)NCC1(C)CCCN(C(=O)OC(C)(C)C)C1. The van der Waals surface area contributed by atoms with Crippen molar-refractivity contribution in [2.75, 3.05) is 19.6 Å². The fourth-order valence-corrected chi connectivity index (χ4v) is 2.91. The molecule has 1 atom stereocenters. The van der Waals surface area contributed by atoms with Gasteiger partial charge in [-0.25, -0.2) is 4.79 Å². The minimum Gasteiger partial charge on any atom is -0.444 e. The minimum absolute atomic E-state index is 0.151. The van der Waals surface area contributed by atoms with Gasteiger partial charge in [0.1, 0.15) is 5.60 Å².